The molecule has 0 spiro atoms. The van der Waals surface area contributed by atoms with E-state index in [1.165, 1.54) is 11.3 Å². The first-order chi connectivity index (χ1) is 8.56. The summed E-state index contributed by atoms with van der Waals surface area (Å²) in [5, 5.41) is 4.24. The molecule has 2 rings (SSSR count). The van der Waals surface area contributed by atoms with Crippen LogP contribution in [0, 0.1) is 5.92 Å². The molecule has 0 aromatic carbocycles. The van der Waals surface area contributed by atoms with Gasteiger partial charge in [-0.15, -0.1) is 11.3 Å². The smallest absolute Gasteiger partial charge is 0.138 e. The summed E-state index contributed by atoms with van der Waals surface area (Å²) in [4.78, 5) is 5.37. The highest BCUT2D eigenvalue weighted by Gasteiger charge is 2.14. The van der Waals surface area contributed by atoms with Crippen LogP contribution in [0.3, 0.4) is 0 Å². The number of halogens is 1. The maximum atomic E-state index is 6.17. The van der Waals surface area contributed by atoms with Gasteiger partial charge < -0.3 is 5.73 Å². The van der Waals surface area contributed by atoms with Crippen molar-refractivity contribution in [3.8, 4) is 0 Å². The monoisotopic (exact) mass is 284 g/mol. The molecule has 0 fully saturated rings. The van der Waals surface area contributed by atoms with Gasteiger partial charge in [0.05, 0.1) is 4.34 Å². The largest absolute Gasteiger partial charge is 0.323 e. The molecule has 2 N–H and O–H groups in total. The summed E-state index contributed by atoms with van der Waals surface area (Å²) in [7, 11) is 0. The molecule has 0 bridgehead atoms. The highest BCUT2D eigenvalue weighted by atomic mass is 35.5. The normalized spacial score (nSPS) is 13.2. The van der Waals surface area contributed by atoms with E-state index in [-0.39, 0.29) is 6.04 Å². The van der Waals surface area contributed by atoms with Gasteiger partial charge in [-0.25, -0.2) is 9.67 Å². The van der Waals surface area contributed by atoms with Crippen LogP contribution in [0.5, 0.6) is 0 Å². The van der Waals surface area contributed by atoms with Gasteiger partial charge in [-0.3, -0.25) is 0 Å². The van der Waals surface area contributed by atoms with Crippen LogP contribution in [0.4, 0.5) is 0 Å². The van der Waals surface area contributed by atoms with Crippen LogP contribution in [0.1, 0.15) is 30.6 Å². The summed E-state index contributed by atoms with van der Waals surface area (Å²) in [5.74, 6) is 1.47. The molecule has 2 aromatic rings. The molecule has 4 nitrogen and oxygen atoms in total. The molecule has 18 heavy (non-hydrogen) atoms. The Morgan fingerprint density at radius 3 is 2.83 bits per heavy atom. The molecule has 2 heterocycles. The van der Waals surface area contributed by atoms with E-state index in [4.69, 9.17) is 17.3 Å². The second-order valence-corrected chi connectivity index (χ2v) is 6.45. The zero-order valence-corrected chi connectivity index (χ0v) is 12.1. The Kier molecular flexibility index (Phi) is 4.37. The van der Waals surface area contributed by atoms with Crippen LogP contribution < -0.4 is 5.73 Å². The molecule has 0 aliphatic carbocycles. The Morgan fingerprint density at radius 2 is 2.22 bits per heavy atom. The van der Waals surface area contributed by atoms with E-state index in [0.717, 1.165) is 21.6 Å². The van der Waals surface area contributed by atoms with E-state index in [1.807, 2.05) is 16.8 Å². The number of nitrogens with zero attached hydrogens (tertiary/aromatic N) is 3. The van der Waals surface area contributed by atoms with Crippen molar-refractivity contribution >= 4 is 22.9 Å². The van der Waals surface area contributed by atoms with Gasteiger partial charge >= 0.3 is 0 Å². The third-order valence-electron chi connectivity index (χ3n) is 2.60. The number of thiophene rings is 1. The average Bonchev–Trinajstić information content (AvgIpc) is 2.88. The summed E-state index contributed by atoms with van der Waals surface area (Å²) in [6.07, 6.45) is 2.27. The Balaban J connectivity index is 2.07. The zero-order valence-electron chi connectivity index (χ0n) is 10.5. The molecule has 6 heteroatoms. The Hall–Kier alpha value is -0.910. The van der Waals surface area contributed by atoms with Gasteiger partial charge in [-0.2, -0.15) is 5.10 Å². The van der Waals surface area contributed by atoms with Crippen LogP contribution in [0.2, 0.25) is 4.34 Å². The molecule has 0 radical (unpaired) electrons. The van der Waals surface area contributed by atoms with Gasteiger partial charge in [0.1, 0.15) is 12.2 Å². The summed E-state index contributed by atoms with van der Waals surface area (Å²) in [5.41, 5.74) is 6.17. The van der Waals surface area contributed by atoms with Crippen molar-refractivity contribution in [2.75, 3.05) is 0 Å². The lowest BCUT2D eigenvalue weighted by molar-refractivity contribution is 0.460. The number of hydrogen-bond donors (Lipinski definition) is 1. The predicted octanol–water partition coefficient (Wildman–Crippen LogP) is 2.89. The third kappa shape index (κ3) is 3.31. The second-order valence-electron chi connectivity index (χ2n) is 4.70. The minimum Gasteiger partial charge on any atom is -0.323 e. The highest BCUT2D eigenvalue weighted by Crippen LogP contribution is 2.27. The second kappa shape index (κ2) is 5.82. The molecule has 1 unspecified atom stereocenters. The first kappa shape index (κ1) is 13.5. The molecule has 0 aliphatic rings. The van der Waals surface area contributed by atoms with Gasteiger partial charge in [0.2, 0.25) is 0 Å². The summed E-state index contributed by atoms with van der Waals surface area (Å²) in [6, 6.07) is 3.78. The lowest BCUT2D eigenvalue weighted by Crippen LogP contribution is -2.17. The molecular formula is C12H17ClN4S. The molecule has 0 saturated heterocycles. The number of rotatable bonds is 5. The van der Waals surface area contributed by atoms with Crippen LogP contribution in [0.25, 0.3) is 0 Å². The van der Waals surface area contributed by atoms with Crippen molar-refractivity contribution in [3.05, 3.63) is 33.5 Å². The SMILES string of the molecule is CC(C)Cn1ncnc1CC(N)c1ccc(Cl)s1. The third-order valence-corrected chi connectivity index (χ3v) is 3.96. The molecule has 2 aromatic heterocycles. The fourth-order valence-corrected chi connectivity index (χ4v) is 2.83. The van der Waals surface area contributed by atoms with E-state index in [9.17, 15) is 0 Å². The molecule has 1 atom stereocenters. The van der Waals surface area contributed by atoms with E-state index in [1.54, 1.807) is 6.33 Å². The van der Waals surface area contributed by atoms with E-state index in [2.05, 4.69) is 23.9 Å². The van der Waals surface area contributed by atoms with Crippen molar-refractivity contribution in [1.82, 2.24) is 14.8 Å². The fourth-order valence-electron chi connectivity index (χ4n) is 1.77. The number of hydrogen-bond acceptors (Lipinski definition) is 4. The van der Waals surface area contributed by atoms with Gasteiger partial charge in [-0.1, -0.05) is 25.4 Å². The summed E-state index contributed by atoms with van der Waals surface area (Å²) >= 11 is 7.44. The minimum atomic E-state index is -0.0717. The van der Waals surface area contributed by atoms with Gasteiger partial charge in [0.25, 0.3) is 0 Å². The van der Waals surface area contributed by atoms with Crippen molar-refractivity contribution in [2.45, 2.75) is 32.9 Å². The van der Waals surface area contributed by atoms with Crippen LogP contribution in [-0.2, 0) is 13.0 Å². The summed E-state index contributed by atoms with van der Waals surface area (Å²) < 4.78 is 2.70. The Labute approximate surface area is 116 Å². The van der Waals surface area contributed by atoms with Gasteiger partial charge in [-0.05, 0) is 18.1 Å². The number of aromatic nitrogens is 3. The lowest BCUT2D eigenvalue weighted by Gasteiger charge is -2.12. The predicted molar refractivity (Wildman–Crippen MR) is 74.8 cm³/mol. The molecule has 98 valence electrons. The minimum absolute atomic E-state index is 0.0717. The standard InChI is InChI=1S/C12H17ClN4S/c1-8(2)6-17-12(15-7-16-17)5-9(14)10-3-4-11(13)18-10/h3-4,7-9H,5-6,14H2,1-2H3. The van der Waals surface area contributed by atoms with Crippen LogP contribution in [-0.4, -0.2) is 14.8 Å². The first-order valence-corrected chi connectivity index (χ1v) is 7.13. The van der Waals surface area contributed by atoms with E-state index >= 15 is 0 Å². The molecular weight excluding hydrogens is 268 g/mol. The maximum absolute atomic E-state index is 6.17. The zero-order chi connectivity index (χ0) is 13.1. The van der Waals surface area contributed by atoms with Crippen molar-refractivity contribution in [3.63, 3.8) is 0 Å². The van der Waals surface area contributed by atoms with Gasteiger partial charge in [0, 0.05) is 23.9 Å². The molecule has 0 amide bonds. The average molecular weight is 285 g/mol. The number of nitrogens with two attached hydrogens (primary N) is 1. The fraction of sp³-hybridized carbons (Fsp3) is 0.500. The quantitative estimate of drug-likeness (QED) is 0.918. The van der Waals surface area contributed by atoms with Crippen LogP contribution >= 0.6 is 22.9 Å². The van der Waals surface area contributed by atoms with E-state index < -0.39 is 0 Å². The van der Waals surface area contributed by atoms with E-state index in [0.29, 0.717) is 12.3 Å². The Bertz CT molecular complexity index is 506. The van der Waals surface area contributed by atoms with Gasteiger partial charge in [0.15, 0.2) is 0 Å². The first-order valence-electron chi connectivity index (χ1n) is 5.93. The Morgan fingerprint density at radius 1 is 1.44 bits per heavy atom. The lowest BCUT2D eigenvalue weighted by atomic mass is 10.1. The molecule has 0 saturated carbocycles. The van der Waals surface area contributed by atoms with Crippen molar-refractivity contribution in [1.29, 1.82) is 0 Å². The summed E-state index contributed by atoms with van der Waals surface area (Å²) in [6.45, 7) is 5.18. The molecule has 0 aliphatic heterocycles. The van der Waals surface area contributed by atoms with Crippen molar-refractivity contribution in [2.24, 2.45) is 11.7 Å². The van der Waals surface area contributed by atoms with Crippen LogP contribution in [0.15, 0.2) is 18.5 Å². The maximum Gasteiger partial charge on any atom is 0.138 e. The highest BCUT2D eigenvalue weighted by molar-refractivity contribution is 7.16. The topological polar surface area (TPSA) is 56.7 Å². The van der Waals surface area contributed by atoms with Crippen molar-refractivity contribution < 1.29 is 0 Å².